The molecule has 3 aromatic carbocycles. The molecule has 0 fully saturated rings. The van der Waals surface area contributed by atoms with Gasteiger partial charge in [0.1, 0.15) is 5.75 Å². The van der Waals surface area contributed by atoms with Crippen molar-refractivity contribution in [3.63, 3.8) is 0 Å². The predicted octanol–water partition coefficient (Wildman–Crippen LogP) is 7.71. The Morgan fingerprint density at radius 2 is 1.61 bits per heavy atom. The number of aliphatic carboxylic acids is 1. The minimum atomic E-state index is -0.936. The van der Waals surface area contributed by atoms with Crippen LogP contribution in [0.3, 0.4) is 0 Å². The van der Waals surface area contributed by atoms with E-state index in [9.17, 15) is 9.59 Å². The molecular weight excluding hydrogens is 521 g/mol. The van der Waals surface area contributed by atoms with E-state index < -0.39 is 5.97 Å². The van der Waals surface area contributed by atoms with E-state index in [1.807, 2.05) is 6.07 Å². The highest BCUT2D eigenvalue weighted by Gasteiger charge is 2.17. The Morgan fingerprint density at radius 3 is 2.22 bits per heavy atom. The van der Waals surface area contributed by atoms with E-state index in [0.717, 1.165) is 5.56 Å². The number of amides is 1. The number of anilines is 1. The summed E-state index contributed by atoms with van der Waals surface area (Å²) < 4.78 is 11.6. The highest BCUT2D eigenvalue weighted by molar-refractivity contribution is 7.99. The van der Waals surface area contributed by atoms with E-state index in [0.29, 0.717) is 49.9 Å². The first-order chi connectivity index (χ1) is 16.9. The third-order valence-corrected chi connectivity index (χ3v) is 6.66. The number of nitrogens with one attached hydrogen (secondary N) is 1. The van der Waals surface area contributed by atoms with Gasteiger partial charge < -0.3 is 19.9 Å². The van der Waals surface area contributed by atoms with Crippen LogP contribution in [0.1, 0.15) is 42.3 Å². The Morgan fingerprint density at radius 1 is 0.944 bits per heavy atom. The number of benzene rings is 3. The standard InChI is InChI=1S/C27H27Cl2NO5S/c1-27(2,3)36-15-18-13-21(30-26(33)17-11-19(28)14-20(29)12-17)6-8-22(18)35-24-9-16(10-25(31)32)5-7-23(24)34-4/h5-9,11-14H,10,15H2,1-4H3,(H,30,33)(H,31,32). The lowest BCUT2D eigenvalue weighted by Gasteiger charge is -2.20. The summed E-state index contributed by atoms with van der Waals surface area (Å²) in [7, 11) is 1.52. The normalized spacial score (nSPS) is 11.2. The monoisotopic (exact) mass is 547 g/mol. The lowest BCUT2D eigenvalue weighted by atomic mass is 10.1. The van der Waals surface area contributed by atoms with Crippen molar-refractivity contribution in [2.24, 2.45) is 0 Å². The van der Waals surface area contributed by atoms with Crippen molar-refractivity contribution < 1.29 is 24.2 Å². The number of rotatable bonds is 9. The van der Waals surface area contributed by atoms with Crippen LogP contribution in [0.2, 0.25) is 10.0 Å². The second-order valence-electron chi connectivity index (χ2n) is 8.99. The topological polar surface area (TPSA) is 84.9 Å². The largest absolute Gasteiger partial charge is 0.493 e. The SMILES string of the molecule is COc1ccc(CC(=O)O)cc1Oc1ccc(NC(=O)c2cc(Cl)cc(Cl)c2)cc1CSC(C)(C)C. The second-order valence-corrected chi connectivity index (χ2v) is 11.7. The molecule has 190 valence electrons. The van der Waals surface area contributed by atoms with Gasteiger partial charge in [0.2, 0.25) is 0 Å². The maximum absolute atomic E-state index is 12.8. The molecule has 2 N–H and O–H groups in total. The molecule has 0 aromatic heterocycles. The molecule has 0 aliphatic heterocycles. The van der Waals surface area contributed by atoms with E-state index in [1.165, 1.54) is 7.11 Å². The summed E-state index contributed by atoms with van der Waals surface area (Å²) in [6, 6.07) is 15.0. The third-order valence-electron chi connectivity index (χ3n) is 4.91. The molecule has 3 aromatic rings. The molecule has 0 saturated carbocycles. The molecule has 0 spiro atoms. The molecule has 1 amide bonds. The number of thioether (sulfide) groups is 1. The Kier molecular flexibility index (Phi) is 9.17. The number of hydrogen-bond donors (Lipinski definition) is 2. The number of carboxylic acid groups (broad SMARTS) is 1. The smallest absolute Gasteiger partial charge is 0.307 e. The summed E-state index contributed by atoms with van der Waals surface area (Å²) in [4.78, 5) is 24.0. The predicted molar refractivity (Wildman–Crippen MR) is 146 cm³/mol. The zero-order valence-corrected chi connectivity index (χ0v) is 22.7. The van der Waals surface area contributed by atoms with Crippen LogP contribution in [0, 0.1) is 0 Å². The summed E-state index contributed by atoms with van der Waals surface area (Å²) in [5.74, 6) is 0.793. The lowest BCUT2D eigenvalue weighted by Crippen LogP contribution is -2.12. The van der Waals surface area contributed by atoms with E-state index >= 15 is 0 Å². The number of halogens is 2. The van der Waals surface area contributed by atoms with Gasteiger partial charge in [-0.25, -0.2) is 0 Å². The van der Waals surface area contributed by atoms with Crippen LogP contribution in [0.15, 0.2) is 54.6 Å². The number of methoxy groups -OCH3 is 1. The van der Waals surface area contributed by atoms with Crippen LogP contribution in [-0.4, -0.2) is 28.8 Å². The van der Waals surface area contributed by atoms with E-state index in [2.05, 4.69) is 26.1 Å². The van der Waals surface area contributed by atoms with E-state index in [-0.39, 0.29) is 17.1 Å². The van der Waals surface area contributed by atoms with Crippen LogP contribution in [0.5, 0.6) is 17.2 Å². The van der Waals surface area contributed by atoms with Gasteiger partial charge in [-0.3, -0.25) is 9.59 Å². The van der Waals surface area contributed by atoms with Crippen molar-refractivity contribution in [3.8, 4) is 17.2 Å². The van der Waals surface area contributed by atoms with Crippen molar-refractivity contribution in [1.29, 1.82) is 0 Å². The fraction of sp³-hybridized carbons (Fsp3) is 0.259. The highest BCUT2D eigenvalue weighted by Crippen LogP contribution is 2.38. The van der Waals surface area contributed by atoms with Crippen LogP contribution in [0.4, 0.5) is 5.69 Å². The van der Waals surface area contributed by atoms with Gasteiger partial charge in [-0.15, -0.1) is 0 Å². The Bertz CT molecular complexity index is 1250. The maximum Gasteiger partial charge on any atom is 0.307 e. The molecule has 0 radical (unpaired) electrons. The zero-order chi connectivity index (χ0) is 26.5. The van der Waals surface area contributed by atoms with E-state index in [4.69, 9.17) is 37.8 Å². The molecule has 0 saturated heterocycles. The van der Waals surface area contributed by atoms with Crippen LogP contribution in [-0.2, 0) is 17.0 Å². The van der Waals surface area contributed by atoms with Crippen LogP contribution < -0.4 is 14.8 Å². The minimum Gasteiger partial charge on any atom is -0.493 e. The van der Waals surface area contributed by atoms with Crippen molar-refractivity contribution in [1.82, 2.24) is 0 Å². The highest BCUT2D eigenvalue weighted by atomic mass is 35.5. The Labute approximate surface area is 224 Å². The quantitative estimate of drug-likeness (QED) is 0.285. The number of carboxylic acids is 1. The fourth-order valence-electron chi connectivity index (χ4n) is 3.26. The summed E-state index contributed by atoms with van der Waals surface area (Å²) in [5, 5.41) is 12.8. The van der Waals surface area contributed by atoms with Gasteiger partial charge in [-0.05, 0) is 54.1 Å². The van der Waals surface area contributed by atoms with E-state index in [1.54, 1.807) is 60.3 Å². The van der Waals surface area contributed by atoms with Gasteiger partial charge >= 0.3 is 5.97 Å². The Hall–Kier alpha value is -2.87. The van der Waals surface area contributed by atoms with Gasteiger partial charge in [0, 0.05) is 37.4 Å². The molecule has 3 rings (SSSR count). The number of hydrogen-bond acceptors (Lipinski definition) is 5. The van der Waals surface area contributed by atoms with Crippen molar-refractivity contribution in [3.05, 3.63) is 81.3 Å². The van der Waals surface area contributed by atoms with Crippen molar-refractivity contribution >= 4 is 52.5 Å². The van der Waals surface area contributed by atoms with Gasteiger partial charge in [0.05, 0.1) is 13.5 Å². The molecule has 0 bridgehead atoms. The second kappa shape index (κ2) is 11.9. The fourth-order valence-corrected chi connectivity index (χ4v) is 4.60. The molecule has 0 unspecified atom stereocenters. The maximum atomic E-state index is 12.8. The average Bonchev–Trinajstić information content (AvgIpc) is 2.77. The summed E-state index contributed by atoms with van der Waals surface area (Å²) >= 11 is 13.8. The number of ether oxygens (including phenoxy) is 2. The van der Waals surface area contributed by atoms with Crippen molar-refractivity contribution in [2.45, 2.75) is 37.7 Å². The number of carbonyl (C=O) groups excluding carboxylic acids is 1. The van der Waals surface area contributed by atoms with Gasteiger partial charge in [0.25, 0.3) is 5.91 Å². The molecule has 9 heteroatoms. The first-order valence-electron chi connectivity index (χ1n) is 11.0. The summed E-state index contributed by atoms with van der Waals surface area (Å²) in [6.07, 6.45) is -0.133. The molecule has 0 heterocycles. The van der Waals surface area contributed by atoms with Crippen LogP contribution >= 0.6 is 35.0 Å². The first kappa shape index (κ1) is 27.7. The lowest BCUT2D eigenvalue weighted by molar-refractivity contribution is -0.136. The summed E-state index contributed by atoms with van der Waals surface area (Å²) in [6.45, 7) is 6.35. The molecule has 6 nitrogen and oxygen atoms in total. The third kappa shape index (κ3) is 8.08. The molecule has 0 aliphatic rings. The van der Waals surface area contributed by atoms with Gasteiger partial charge in [-0.2, -0.15) is 11.8 Å². The van der Waals surface area contributed by atoms with Crippen LogP contribution in [0.25, 0.3) is 0 Å². The van der Waals surface area contributed by atoms with Gasteiger partial charge in [0.15, 0.2) is 11.5 Å². The molecule has 0 atom stereocenters. The molecule has 36 heavy (non-hydrogen) atoms. The van der Waals surface area contributed by atoms with Crippen molar-refractivity contribution in [2.75, 3.05) is 12.4 Å². The molecule has 0 aliphatic carbocycles. The van der Waals surface area contributed by atoms with Gasteiger partial charge in [-0.1, -0.05) is 50.0 Å². The zero-order valence-electron chi connectivity index (χ0n) is 20.4. The minimum absolute atomic E-state index is 0.00679. The number of carbonyl (C=O) groups is 2. The average molecular weight is 548 g/mol. The Balaban J connectivity index is 1.93. The molecular formula is C27H27Cl2NO5S. The summed E-state index contributed by atoms with van der Waals surface area (Å²) in [5.41, 5.74) is 2.37. The first-order valence-corrected chi connectivity index (χ1v) is 12.8.